The first-order chi connectivity index (χ1) is 16.0. The number of para-hydroxylation sites is 1. The number of amides is 1. The van der Waals surface area contributed by atoms with E-state index >= 15 is 0 Å². The Morgan fingerprint density at radius 1 is 0.970 bits per heavy atom. The molecule has 8 nitrogen and oxygen atoms in total. The van der Waals surface area contributed by atoms with E-state index in [-0.39, 0.29) is 17.2 Å². The van der Waals surface area contributed by atoms with Crippen molar-refractivity contribution in [1.29, 1.82) is 0 Å². The number of aromatic nitrogens is 1. The summed E-state index contributed by atoms with van der Waals surface area (Å²) < 4.78 is 12.5. The van der Waals surface area contributed by atoms with E-state index in [2.05, 4.69) is 32.9 Å². The first-order valence-corrected chi connectivity index (χ1v) is 10.9. The van der Waals surface area contributed by atoms with Crippen molar-refractivity contribution >= 4 is 51.0 Å². The van der Waals surface area contributed by atoms with Gasteiger partial charge in [0.1, 0.15) is 11.3 Å². The zero-order valence-electron chi connectivity index (χ0n) is 16.8. The summed E-state index contributed by atoms with van der Waals surface area (Å²) in [7, 11) is 0. The maximum atomic E-state index is 12.7. The Balaban J connectivity index is 1.38. The molecule has 0 spiro atoms. The Kier molecular flexibility index (Phi) is 5.38. The van der Waals surface area contributed by atoms with Crippen LogP contribution in [0.3, 0.4) is 0 Å². The van der Waals surface area contributed by atoms with Crippen molar-refractivity contribution in [2.24, 2.45) is 0 Å². The quantitative estimate of drug-likeness (QED) is 0.151. The number of rotatable bonds is 5. The predicted molar refractivity (Wildman–Crippen MR) is 131 cm³/mol. The molecule has 162 valence electrons. The molecule has 0 atom stereocenters. The molecule has 9 heteroatoms. The molecule has 0 saturated heterocycles. The van der Waals surface area contributed by atoms with E-state index in [9.17, 15) is 14.9 Å². The van der Waals surface area contributed by atoms with Crippen molar-refractivity contribution in [2.75, 3.05) is 5.32 Å². The monoisotopic (exact) mass is 551 g/mol. The molecule has 5 rings (SSSR count). The fraction of sp³-hybridized carbons (Fsp3) is 0. The van der Waals surface area contributed by atoms with Crippen LogP contribution in [0.2, 0.25) is 0 Å². The van der Waals surface area contributed by atoms with E-state index in [1.54, 1.807) is 36.4 Å². The lowest BCUT2D eigenvalue weighted by Gasteiger charge is -2.03. The summed E-state index contributed by atoms with van der Waals surface area (Å²) in [6, 6.07) is 22.2. The standard InChI is InChI=1S/C24H14IN3O5/c25-15-5-3-4-14(12-15)24-27-18-13-16(8-9-21(18)33-24)26-23(29)22-11-10-20(32-22)17-6-1-2-7-19(17)28(30)31/h1-13H,(H,26,29). The number of nitrogens with zero attached hydrogens (tertiary/aromatic N) is 2. The molecule has 3 aromatic carbocycles. The summed E-state index contributed by atoms with van der Waals surface area (Å²) in [6.45, 7) is 0. The van der Waals surface area contributed by atoms with Crippen molar-refractivity contribution in [2.45, 2.75) is 0 Å². The first kappa shape index (κ1) is 20.9. The topological polar surface area (TPSA) is 111 Å². The van der Waals surface area contributed by atoms with Crippen LogP contribution in [-0.2, 0) is 0 Å². The zero-order valence-corrected chi connectivity index (χ0v) is 19.0. The number of nitro benzene ring substituents is 1. The van der Waals surface area contributed by atoms with Gasteiger partial charge in [-0.2, -0.15) is 0 Å². The smallest absolute Gasteiger partial charge is 0.291 e. The van der Waals surface area contributed by atoms with Gasteiger partial charge in [-0.3, -0.25) is 14.9 Å². The number of nitrogens with one attached hydrogen (secondary N) is 1. The Morgan fingerprint density at radius 2 is 1.82 bits per heavy atom. The number of hydrogen-bond acceptors (Lipinski definition) is 6. The van der Waals surface area contributed by atoms with Crippen LogP contribution in [0.1, 0.15) is 10.6 Å². The normalized spacial score (nSPS) is 10.9. The van der Waals surface area contributed by atoms with Crippen LogP contribution in [0.15, 0.2) is 87.7 Å². The summed E-state index contributed by atoms with van der Waals surface area (Å²) in [5.74, 6) is 0.275. The van der Waals surface area contributed by atoms with Crippen molar-refractivity contribution in [3.05, 3.63) is 98.3 Å². The number of nitro groups is 1. The second-order valence-electron chi connectivity index (χ2n) is 7.10. The lowest BCUT2D eigenvalue weighted by molar-refractivity contribution is -0.384. The predicted octanol–water partition coefficient (Wildman–Crippen LogP) is 6.52. The molecule has 0 aliphatic heterocycles. The molecule has 1 amide bonds. The molecule has 2 aromatic heterocycles. The van der Waals surface area contributed by atoms with Crippen molar-refractivity contribution in [1.82, 2.24) is 4.98 Å². The fourth-order valence-corrected chi connectivity index (χ4v) is 3.93. The van der Waals surface area contributed by atoms with Gasteiger partial charge in [0.15, 0.2) is 11.3 Å². The molecule has 0 unspecified atom stereocenters. The Morgan fingerprint density at radius 3 is 2.64 bits per heavy atom. The largest absolute Gasteiger partial charge is 0.451 e. The van der Waals surface area contributed by atoms with Gasteiger partial charge in [0.25, 0.3) is 11.6 Å². The third-order valence-electron chi connectivity index (χ3n) is 4.91. The minimum atomic E-state index is -0.491. The van der Waals surface area contributed by atoms with Gasteiger partial charge in [0.2, 0.25) is 5.89 Å². The highest BCUT2D eigenvalue weighted by Gasteiger charge is 2.19. The van der Waals surface area contributed by atoms with Gasteiger partial charge in [-0.15, -0.1) is 0 Å². The highest BCUT2D eigenvalue weighted by atomic mass is 127. The number of fused-ring (bicyclic) bond motifs is 1. The molecule has 0 bridgehead atoms. The van der Waals surface area contributed by atoms with Gasteiger partial charge in [0, 0.05) is 20.9 Å². The van der Waals surface area contributed by atoms with E-state index in [4.69, 9.17) is 8.83 Å². The summed E-state index contributed by atoms with van der Waals surface area (Å²) in [6.07, 6.45) is 0. The first-order valence-electron chi connectivity index (χ1n) is 9.79. The van der Waals surface area contributed by atoms with E-state index in [0.29, 0.717) is 28.2 Å². The summed E-state index contributed by atoms with van der Waals surface area (Å²) >= 11 is 2.23. The van der Waals surface area contributed by atoms with Gasteiger partial charge in [0.05, 0.1) is 10.5 Å². The molecule has 1 N–H and O–H groups in total. The maximum Gasteiger partial charge on any atom is 0.291 e. The van der Waals surface area contributed by atoms with Crippen LogP contribution in [0, 0.1) is 13.7 Å². The van der Waals surface area contributed by atoms with E-state index in [1.165, 1.54) is 18.2 Å². The van der Waals surface area contributed by atoms with Crippen LogP contribution < -0.4 is 5.32 Å². The van der Waals surface area contributed by atoms with Crippen molar-refractivity contribution in [3.8, 4) is 22.8 Å². The van der Waals surface area contributed by atoms with Crippen LogP contribution >= 0.6 is 22.6 Å². The van der Waals surface area contributed by atoms with Crippen LogP contribution in [0.25, 0.3) is 33.9 Å². The average Bonchev–Trinajstić information content (AvgIpc) is 3.46. The molecule has 0 fully saturated rings. The summed E-state index contributed by atoms with van der Waals surface area (Å²) in [5.41, 5.74) is 2.77. The number of anilines is 1. The number of furan rings is 1. The van der Waals surface area contributed by atoms with Crippen LogP contribution in [0.5, 0.6) is 0 Å². The van der Waals surface area contributed by atoms with Gasteiger partial charge >= 0.3 is 0 Å². The number of oxazole rings is 1. The summed E-state index contributed by atoms with van der Waals surface area (Å²) in [4.78, 5) is 28.0. The minimum absolute atomic E-state index is 0.0305. The van der Waals surface area contributed by atoms with Gasteiger partial charge in [-0.1, -0.05) is 18.2 Å². The maximum absolute atomic E-state index is 12.7. The van der Waals surface area contributed by atoms with Crippen molar-refractivity contribution in [3.63, 3.8) is 0 Å². The van der Waals surface area contributed by atoms with E-state index in [0.717, 1.165) is 9.13 Å². The van der Waals surface area contributed by atoms with Gasteiger partial charge in [-0.05, 0) is 77.2 Å². The van der Waals surface area contributed by atoms with E-state index in [1.807, 2.05) is 24.3 Å². The number of carbonyl (C=O) groups is 1. The Hall–Kier alpha value is -3.99. The van der Waals surface area contributed by atoms with Crippen LogP contribution in [0.4, 0.5) is 11.4 Å². The molecule has 0 radical (unpaired) electrons. The third-order valence-corrected chi connectivity index (χ3v) is 5.58. The fourth-order valence-electron chi connectivity index (χ4n) is 3.39. The highest BCUT2D eigenvalue weighted by molar-refractivity contribution is 14.1. The van der Waals surface area contributed by atoms with Crippen LogP contribution in [-0.4, -0.2) is 15.8 Å². The van der Waals surface area contributed by atoms with E-state index < -0.39 is 10.8 Å². The molecular weight excluding hydrogens is 537 g/mol. The second kappa shape index (κ2) is 8.51. The molecular formula is C24H14IN3O5. The summed E-state index contributed by atoms with van der Waals surface area (Å²) in [5, 5.41) is 14.0. The lowest BCUT2D eigenvalue weighted by atomic mass is 10.1. The molecule has 0 aliphatic carbocycles. The van der Waals surface area contributed by atoms with Gasteiger partial charge < -0.3 is 14.2 Å². The Labute approximate surface area is 200 Å². The molecule has 2 heterocycles. The lowest BCUT2D eigenvalue weighted by Crippen LogP contribution is -2.10. The average molecular weight is 551 g/mol. The van der Waals surface area contributed by atoms with Crippen molar-refractivity contribution < 1.29 is 18.6 Å². The minimum Gasteiger partial charge on any atom is -0.451 e. The zero-order chi connectivity index (χ0) is 22.9. The number of benzene rings is 3. The Bertz CT molecular complexity index is 1520. The number of halogens is 1. The highest BCUT2D eigenvalue weighted by Crippen LogP contribution is 2.31. The second-order valence-corrected chi connectivity index (χ2v) is 8.35. The number of carbonyl (C=O) groups excluding carboxylic acids is 1. The molecule has 5 aromatic rings. The SMILES string of the molecule is O=C(Nc1ccc2oc(-c3cccc(I)c3)nc2c1)c1ccc(-c2ccccc2[N+](=O)[O-])o1. The molecule has 0 aliphatic rings. The number of hydrogen-bond donors (Lipinski definition) is 1. The molecule has 33 heavy (non-hydrogen) atoms. The van der Waals surface area contributed by atoms with Gasteiger partial charge in [-0.25, -0.2) is 4.98 Å². The third kappa shape index (κ3) is 4.22. The molecule has 0 saturated carbocycles.